The predicted molar refractivity (Wildman–Crippen MR) is 116 cm³/mol. The molecule has 3 heterocycles. The number of fused-ring (bicyclic) bond motifs is 1. The largest absolute Gasteiger partial charge is 0.454 e. The Morgan fingerprint density at radius 1 is 0.968 bits per heavy atom. The monoisotopic (exact) mass is 478 g/mol. The Bertz CT molecular complexity index is 1170. The van der Waals surface area contributed by atoms with Crippen LogP contribution in [-0.2, 0) is 26.0 Å². The van der Waals surface area contributed by atoms with Crippen LogP contribution in [0, 0.1) is 0 Å². The lowest BCUT2D eigenvalue weighted by Gasteiger charge is -2.16. The van der Waals surface area contributed by atoms with Gasteiger partial charge in [-0.2, -0.15) is 0 Å². The summed E-state index contributed by atoms with van der Waals surface area (Å²) in [6.45, 7) is 0.0507. The third kappa shape index (κ3) is 4.73. The third-order valence-corrected chi connectivity index (χ3v) is 9.20. The molecule has 0 saturated carbocycles. The Labute approximate surface area is 186 Å². The van der Waals surface area contributed by atoms with Gasteiger partial charge in [0.05, 0.1) is 0 Å². The van der Waals surface area contributed by atoms with E-state index >= 15 is 0 Å². The van der Waals surface area contributed by atoms with Gasteiger partial charge >= 0.3 is 11.8 Å². The molecular weight excluding hydrogens is 460 g/mol. The summed E-state index contributed by atoms with van der Waals surface area (Å²) < 4.78 is 36.8. The van der Waals surface area contributed by atoms with E-state index in [0.717, 1.165) is 16.9 Å². The van der Waals surface area contributed by atoms with Crippen LogP contribution in [0.3, 0.4) is 0 Å². The molecule has 8 nitrogen and oxygen atoms in total. The lowest BCUT2D eigenvalue weighted by molar-refractivity contribution is -0.139. The molecular formula is C20H18N2O6S3. The Morgan fingerprint density at radius 2 is 1.71 bits per heavy atom. The van der Waals surface area contributed by atoms with Crippen molar-refractivity contribution in [2.45, 2.75) is 16.0 Å². The average Bonchev–Trinajstić information content (AvgIpc) is 3.53. The highest BCUT2D eigenvalue weighted by Gasteiger charge is 2.31. The van der Waals surface area contributed by atoms with Crippen LogP contribution in [0.1, 0.15) is 15.7 Å². The van der Waals surface area contributed by atoms with E-state index < -0.39 is 26.9 Å². The van der Waals surface area contributed by atoms with Gasteiger partial charge in [0, 0.05) is 18.0 Å². The standard InChI is InChI=1S/C20H18N2O6S3/c23-19(21-10-13-5-6-14-15(9-13)28-12-27-14)20(24)22-11-17(16-3-1-7-29-16)31(25,26)18-4-2-8-30-18/h1-9,17H,10-12H2,(H,21,23)(H,22,24)/t17-/m0/s1. The molecule has 11 heteroatoms. The predicted octanol–water partition coefficient (Wildman–Crippen LogP) is 2.49. The number of carbonyl (C=O) groups excluding carboxylic acids is 2. The molecule has 1 aliphatic rings. The Balaban J connectivity index is 1.38. The molecule has 0 fully saturated rings. The summed E-state index contributed by atoms with van der Waals surface area (Å²) in [5, 5.41) is 7.45. The summed E-state index contributed by atoms with van der Waals surface area (Å²) >= 11 is 2.40. The number of hydrogen-bond donors (Lipinski definition) is 2. The maximum absolute atomic E-state index is 13.0. The van der Waals surface area contributed by atoms with Crippen molar-refractivity contribution >= 4 is 44.3 Å². The zero-order valence-electron chi connectivity index (χ0n) is 16.1. The number of rotatable bonds is 7. The van der Waals surface area contributed by atoms with Crippen LogP contribution in [0.15, 0.2) is 57.4 Å². The molecule has 0 bridgehead atoms. The van der Waals surface area contributed by atoms with Crippen molar-refractivity contribution in [2.75, 3.05) is 13.3 Å². The van der Waals surface area contributed by atoms with E-state index in [1.54, 1.807) is 47.2 Å². The SMILES string of the molecule is O=C(NCc1ccc2c(c1)OCO2)C(=O)NC[C@@H](c1cccs1)S(=O)(=O)c1cccs1. The first-order valence-corrected chi connectivity index (χ1v) is 12.5. The fourth-order valence-electron chi connectivity index (χ4n) is 2.98. The summed E-state index contributed by atoms with van der Waals surface area (Å²) in [4.78, 5) is 25.1. The first-order chi connectivity index (χ1) is 14.9. The zero-order valence-corrected chi connectivity index (χ0v) is 18.5. The Hall–Kier alpha value is -2.89. The summed E-state index contributed by atoms with van der Waals surface area (Å²) in [7, 11) is -3.71. The van der Waals surface area contributed by atoms with Crippen molar-refractivity contribution in [3.05, 3.63) is 63.7 Å². The number of thiophene rings is 2. The highest BCUT2D eigenvalue weighted by atomic mass is 32.2. The smallest absolute Gasteiger partial charge is 0.309 e. The minimum absolute atomic E-state index is 0.116. The molecule has 0 unspecified atom stereocenters. The molecule has 162 valence electrons. The summed E-state index contributed by atoms with van der Waals surface area (Å²) in [6, 6.07) is 11.8. The van der Waals surface area contributed by atoms with Crippen molar-refractivity contribution in [1.29, 1.82) is 0 Å². The van der Waals surface area contributed by atoms with Crippen molar-refractivity contribution in [1.82, 2.24) is 10.6 Å². The average molecular weight is 479 g/mol. The van der Waals surface area contributed by atoms with Gasteiger partial charge < -0.3 is 20.1 Å². The molecule has 31 heavy (non-hydrogen) atoms. The van der Waals surface area contributed by atoms with Gasteiger partial charge in [0.2, 0.25) is 6.79 Å². The molecule has 2 N–H and O–H groups in total. The van der Waals surface area contributed by atoms with Gasteiger partial charge in [0.1, 0.15) is 9.46 Å². The van der Waals surface area contributed by atoms with Crippen LogP contribution in [0.2, 0.25) is 0 Å². The molecule has 2 amide bonds. The fourth-order valence-corrected chi connectivity index (χ4v) is 6.97. The van der Waals surface area contributed by atoms with Crippen molar-refractivity contribution < 1.29 is 27.5 Å². The molecule has 1 aliphatic heterocycles. The molecule has 2 aromatic heterocycles. The quantitative estimate of drug-likeness (QED) is 0.505. The minimum Gasteiger partial charge on any atom is -0.454 e. The molecule has 1 atom stereocenters. The van der Waals surface area contributed by atoms with E-state index in [-0.39, 0.29) is 24.1 Å². The van der Waals surface area contributed by atoms with E-state index in [1.807, 2.05) is 0 Å². The molecule has 0 saturated heterocycles. The maximum atomic E-state index is 13.0. The van der Waals surface area contributed by atoms with Crippen molar-refractivity contribution in [3.63, 3.8) is 0 Å². The number of hydrogen-bond acceptors (Lipinski definition) is 8. The van der Waals surface area contributed by atoms with Crippen LogP contribution in [0.4, 0.5) is 0 Å². The highest BCUT2D eigenvalue weighted by Crippen LogP contribution is 2.34. The van der Waals surface area contributed by atoms with Gasteiger partial charge in [-0.15, -0.1) is 22.7 Å². The maximum Gasteiger partial charge on any atom is 0.309 e. The second-order valence-electron chi connectivity index (χ2n) is 6.56. The second-order valence-corrected chi connectivity index (χ2v) is 10.8. The van der Waals surface area contributed by atoms with Gasteiger partial charge in [-0.1, -0.05) is 18.2 Å². The number of amides is 2. The van der Waals surface area contributed by atoms with Gasteiger partial charge in [-0.05, 0) is 40.6 Å². The number of nitrogens with one attached hydrogen (secondary N) is 2. The first kappa shape index (κ1) is 21.3. The van der Waals surface area contributed by atoms with E-state index in [2.05, 4.69) is 10.6 Å². The molecule has 4 rings (SSSR count). The van der Waals surface area contributed by atoms with Crippen LogP contribution < -0.4 is 20.1 Å². The molecule has 0 spiro atoms. The number of carbonyl (C=O) groups is 2. The number of sulfone groups is 1. The highest BCUT2D eigenvalue weighted by molar-refractivity contribution is 7.93. The second kappa shape index (κ2) is 9.08. The lowest BCUT2D eigenvalue weighted by Crippen LogP contribution is -2.41. The summed E-state index contributed by atoms with van der Waals surface area (Å²) in [5.41, 5.74) is 0.738. The molecule has 3 aromatic rings. The number of ether oxygens (including phenoxy) is 2. The van der Waals surface area contributed by atoms with E-state index in [9.17, 15) is 18.0 Å². The minimum atomic E-state index is -3.71. The first-order valence-electron chi connectivity index (χ1n) is 9.20. The summed E-state index contributed by atoms with van der Waals surface area (Å²) in [5.74, 6) is -0.548. The van der Waals surface area contributed by atoms with Crippen molar-refractivity contribution in [3.8, 4) is 11.5 Å². The van der Waals surface area contributed by atoms with E-state index in [1.165, 1.54) is 17.4 Å². The van der Waals surface area contributed by atoms with Gasteiger partial charge in [-0.25, -0.2) is 8.42 Å². The van der Waals surface area contributed by atoms with Crippen LogP contribution in [0.25, 0.3) is 0 Å². The summed E-state index contributed by atoms with van der Waals surface area (Å²) in [6.07, 6.45) is 0. The molecule has 0 radical (unpaired) electrons. The lowest BCUT2D eigenvalue weighted by atomic mass is 10.2. The number of benzene rings is 1. The molecule has 1 aromatic carbocycles. The molecule has 0 aliphatic carbocycles. The van der Waals surface area contributed by atoms with E-state index in [4.69, 9.17) is 9.47 Å². The van der Waals surface area contributed by atoms with Gasteiger partial charge in [-0.3, -0.25) is 9.59 Å². The normalized spacial score (nSPS) is 13.5. The third-order valence-electron chi connectivity index (χ3n) is 4.55. The Morgan fingerprint density at radius 3 is 2.45 bits per heavy atom. The van der Waals surface area contributed by atoms with Gasteiger partial charge in [0.15, 0.2) is 21.3 Å². The van der Waals surface area contributed by atoms with Crippen LogP contribution >= 0.6 is 22.7 Å². The topological polar surface area (TPSA) is 111 Å². The van der Waals surface area contributed by atoms with Crippen molar-refractivity contribution in [2.24, 2.45) is 0 Å². The van der Waals surface area contributed by atoms with Crippen LogP contribution in [0.5, 0.6) is 11.5 Å². The Kier molecular flexibility index (Phi) is 6.25. The van der Waals surface area contributed by atoms with Gasteiger partial charge in [0.25, 0.3) is 0 Å². The van der Waals surface area contributed by atoms with Crippen LogP contribution in [-0.4, -0.2) is 33.6 Å². The zero-order chi connectivity index (χ0) is 21.8. The van der Waals surface area contributed by atoms with E-state index in [0.29, 0.717) is 16.4 Å². The fraction of sp³-hybridized carbons (Fsp3) is 0.200.